The lowest BCUT2D eigenvalue weighted by Crippen LogP contribution is -2.00. The summed E-state index contributed by atoms with van der Waals surface area (Å²) in [6.07, 6.45) is 3.28. The Morgan fingerprint density at radius 3 is 3.07 bits per heavy atom. The number of aryl methyl sites for hydroxylation is 1. The number of nitrogens with zero attached hydrogens (tertiary/aromatic N) is 2. The van der Waals surface area contributed by atoms with Crippen molar-refractivity contribution in [1.29, 1.82) is 0 Å². The van der Waals surface area contributed by atoms with E-state index in [2.05, 4.69) is 15.5 Å². The maximum atomic E-state index is 5.93. The van der Waals surface area contributed by atoms with Gasteiger partial charge in [0.05, 0.1) is 17.3 Å². The fourth-order valence-electron chi connectivity index (χ4n) is 1.21. The first-order chi connectivity index (χ1) is 7.25. The normalized spacial score (nSPS) is 10.3. The highest BCUT2D eigenvalue weighted by atomic mass is 35.5. The van der Waals surface area contributed by atoms with Gasteiger partial charge in [0, 0.05) is 18.5 Å². The third-order valence-electron chi connectivity index (χ3n) is 1.91. The zero-order valence-corrected chi connectivity index (χ0v) is 8.95. The summed E-state index contributed by atoms with van der Waals surface area (Å²) in [4.78, 5) is 3.90. The van der Waals surface area contributed by atoms with Crippen LogP contribution < -0.4 is 5.32 Å². The first kappa shape index (κ1) is 9.98. The Labute approximate surface area is 92.3 Å². The summed E-state index contributed by atoms with van der Waals surface area (Å²) in [5.41, 5.74) is 1.69. The van der Waals surface area contributed by atoms with E-state index in [1.165, 1.54) is 0 Å². The van der Waals surface area contributed by atoms with Crippen LogP contribution in [0, 0.1) is 6.92 Å². The molecule has 0 fully saturated rings. The van der Waals surface area contributed by atoms with E-state index in [-0.39, 0.29) is 0 Å². The Morgan fingerprint density at radius 1 is 1.53 bits per heavy atom. The predicted octanol–water partition coefficient (Wildman–Crippen LogP) is 2.64. The molecule has 0 aliphatic carbocycles. The number of aromatic nitrogens is 2. The van der Waals surface area contributed by atoms with Crippen molar-refractivity contribution in [3.63, 3.8) is 0 Å². The summed E-state index contributed by atoms with van der Waals surface area (Å²) >= 11 is 5.93. The molecule has 0 aromatic carbocycles. The smallest absolute Gasteiger partial charge is 0.133 e. The van der Waals surface area contributed by atoms with Crippen molar-refractivity contribution >= 4 is 17.3 Å². The van der Waals surface area contributed by atoms with Crippen molar-refractivity contribution < 1.29 is 4.52 Å². The molecule has 0 aliphatic rings. The molecule has 0 saturated carbocycles. The Balaban J connectivity index is 2.02. The van der Waals surface area contributed by atoms with E-state index in [1.54, 1.807) is 12.4 Å². The van der Waals surface area contributed by atoms with Gasteiger partial charge in [-0.25, -0.2) is 0 Å². The summed E-state index contributed by atoms with van der Waals surface area (Å²) in [5, 5.41) is 7.61. The summed E-state index contributed by atoms with van der Waals surface area (Å²) in [6.45, 7) is 2.44. The number of pyridine rings is 1. The minimum Gasteiger partial charge on any atom is -0.378 e. The average Bonchev–Trinajstić information content (AvgIpc) is 2.63. The van der Waals surface area contributed by atoms with Gasteiger partial charge in [-0.2, -0.15) is 0 Å². The number of anilines is 1. The molecule has 15 heavy (non-hydrogen) atoms. The molecule has 0 amide bonds. The van der Waals surface area contributed by atoms with Crippen molar-refractivity contribution in [2.45, 2.75) is 13.5 Å². The first-order valence-corrected chi connectivity index (χ1v) is 4.89. The fraction of sp³-hybridized carbons (Fsp3) is 0.200. The predicted molar refractivity (Wildman–Crippen MR) is 57.8 cm³/mol. The van der Waals surface area contributed by atoms with E-state index in [9.17, 15) is 0 Å². The molecule has 2 rings (SSSR count). The van der Waals surface area contributed by atoms with E-state index >= 15 is 0 Å². The van der Waals surface area contributed by atoms with Gasteiger partial charge in [0.1, 0.15) is 11.5 Å². The Kier molecular flexibility index (Phi) is 2.87. The zero-order valence-electron chi connectivity index (χ0n) is 8.20. The van der Waals surface area contributed by atoms with Gasteiger partial charge in [0.2, 0.25) is 0 Å². The molecule has 0 unspecified atom stereocenters. The van der Waals surface area contributed by atoms with Gasteiger partial charge in [-0.1, -0.05) is 16.8 Å². The number of hydrogen-bond acceptors (Lipinski definition) is 4. The van der Waals surface area contributed by atoms with Gasteiger partial charge < -0.3 is 9.84 Å². The quantitative estimate of drug-likeness (QED) is 0.869. The topological polar surface area (TPSA) is 51.0 Å². The van der Waals surface area contributed by atoms with Gasteiger partial charge in [-0.15, -0.1) is 0 Å². The summed E-state index contributed by atoms with van der Waals surface area (Å²) in [5.74, 6) is 0.799. The van der Waals surface area contributed by atoms with Crippen molar-refractivity contribution in [3.8, 4) is 0 Å². The van der Waals surface area contributed by atoms with Crippen LogP contribution in [0.15, 0.2) is 29.0 Å². The molecule has 2 aromatic rings. The summed E-state index contributed by atoms with van der Waals surface area (Å²) in [6, 6.07) is 3.69. The lowest BCUT2D eigenvalue weighted by atomic mass is 10.3. The summed E-state index contributed by atoms with van der Waals surface area (Å²) < 4.78 is 4.95. The van der Waals surface area contributed by atoms with E-state index in [0.29, 0.717) is 11.6 Å². The molecule has 4 nitrogen and oxygen atoms in total. The molecule has 1 N–H and O–H groups in total. The third-order valence-corrected chi connectivity index (χ3v) is 2.21. The van der Waals surface area contributed by atoms with Gasteiger partial charge >= 0.3 is 0 Å². The van der Waals surface area contributed by atoms with Gasteiger partial charge in [0.25, 0.3) is 0 Å². The molecule has 0 radical (unpaired) electrons. The average molecular weight is 224 g/mol. The van der Waals surface area contributed by atoms with Gasteiger partial charge in [0.15, 0.2) is 0 Å². The van der Waals surface area contributed by atoms with Crippen molar-refractivity contribution in [3.05, 3.63) is 41.0 Å². The molecule has 2 aromatic heterocycles. The molecule has 0 bridgehead atoms. The van der Waals surface area contributed by atoms with Crippen LogP contribution in [0.1, 0.15) is 11.5 Å². The molecule has 0 saturated heterocycles. The van der Waals surface area contributed by atoms with Gasteiger partial charge in [-0.3, -0.25) is 4.98 Å². The van der Waals surface area contributed by atoms with Crippen LogP contribution in [0.4, 0.5) is 5.69 Å². The number of hydrogen-bond donors (Lipinski definition) is 1. The van der Waals surface area contributed by atoms with E-state index in [4.69, 9.17) is 16.1 Å². The van der Waals surface area contributed by atoms with Crippen molar-refractivity contribution in [2.24, 2.45) is 0 Å². The molecule has 0 spiro atoms. The summed E-state index contributed by atoms with van der Waals surface area (Å²) in [7, 11) is 0. The minimum absolute atomic E-state index is 0.584. The maximum Gasteiger partial charge on any atom is 0.133 e. The lowest BCUT2D eigenvalue weighted by molar-refractivity contribution is 0.391. The maximum absolute atomic E-state index is 5.93. The van der Waals surface area contributed by atoms with E-state index in [0.717, 1.165) is 17.1 Å². The van der Waals surface area contributed by atoms with Crippen molar-refractivity contribution in [2.75, 3.05) is 5.32 Å². The monoisotopic (exact) mass is 223 g/mol. The van der Waals surface area contributed by atoms with Crippen molar-refractivity contribution in [1.82, 2.24) is 10.1 Å². The highest BCUT2D eigenvalue weighted by molar-refractivity contribution is 6.33. The van der Waals surface area contributed by atoms with Crippen LogP contribution in [0.2, 0.25) is 5.02 Å². The van der Waals surface area contributed by atoms with Crippen LogP contribution in [0.5, 0.6) is 0 Å². The van der Waals surface area contributed by atoms with Crippen LogP contribution in [-0.4, -0.2) is 10.1 Å². The molecule has 0 atom stereocenters. The fourth-order valence-corrected chi connectivity index (χ4v) is 1.39. The van der Waals surface area contributed by atoms with E-state index in [1.807, 2.05) is 19.1 Å². The second-order valence-corrected chi connectivity index (χ2v) is 3.55. The Bertz CT molecular complexity index is 455. The van der Waals surface area contributed by atoms with Crippen LogP contribution in [0.25, 0.3) is 0 Å². The van der Waals surface area contributed by atoms with Gasteiger partial charge in [-0.05, 0) is 13.0 Å². The lowest BCUT2D eigenvalue weighted by Gasteiger charge is -2.04. The molecule has 5 heteroatoms. The zero-order chi connectivity index (χ0) is 10.7. The Morgan fingerprint density at radius 2 is 2.40 bits per heavy atom. The highest BCUT2D eigenvalue weighted by Gasteiger charge is 2.02. The largest absolute Gasteiger partial charge is 0.378 e. The van der Waals surface area contributed by atoms with Crippen LogP contribution >= 0.6 is 11.6 Å². The SMILES string of the molecule is Cc1cc(CNc2ccncc2Cl)no1. The molecule has 78 valence electrons. The number of nitrogens with one attached hydrogen (secondary N) is 1. The number of rotatable bonds is 3. The van der Waals surface area contributed by atoms with E-state index < -0.39 is 0 Å². The second kappa shape index (κ2) is 4.31. The van der Waals surface area contributed by atoms with Crippen LogP contribution in [0.3, 0.4) is 0 Å². The highest BCUT2D eigenvalue weighted by Crippen LogP contribution is 2.19. The molecular formula is C10H10ClN3O. The second-order valence-electron chi connectivity index (χ2n) is 3.14. The molecule has 0 aliphatic heterocycles. The minimum atomic E-state index is 0.584. The van der Waals surface area contributed by atoms with Crippen LogP contribution in [-0.2, 0) is 6.54 Å². The molecular weight excluding hydrogens is 214 g/mol. The molecule has 2 heterocycles. The third kappa shape index (κ3) is 2.47. The first-order valence-electron chi connectivity index (χ1n) is 4.51. The number of halogens is 1. The standard InChI is InChI=1S/C10H10ClN3O/c1-7-4-8(14-15-7)5-13-10-2-3-12-6-9(10)11/h2-4,6H,5H2,1H3,(H,12,13). The Hall–Kier alpha value is -1.55.